The first-order valence-corrected chi connectivity index (χ1v) is 14.2. The molecule has 6 aromatic rings. The predicted octanol–water partition coefficient (Wildman–Crippen LogP) is 8.86. The summed E-state index contributed by atoms with van der Waals surface area (Å²) < 4.78 is 11.6. The van der Waals surface area contributed by atoms with Crippen LogP contribution in [0.25, 0.3) is 44.5 Å². The van der Waals surface area contributed by atoms with Gasteiger partial charge >= 0.3 is 0 Å². The summed E-state index contributed by atoms with van der Waals surface area (Å²) in [4.78, 5) is 21.7. The van der Waals surface area contributed by atoms with Gasteiger partial charge < -0.3 is 14.1 Å². The van der Waals surface area contributed by atoms with Crippen molar-refractivity contribution in [3.8, 4) is 28.3 Å². The van der Waals surface area contributed by atoms with Gasteiger partial charge in [0.2, 0.25) is 0 Å². The molecule has 222 valence electrons. The van der Waals surface area contributed by atoms with Crippen LogP contribution in [0.4, 0.5) is 0 Å². The van der Waals surface area contributed by atoms with Crippen molar-refractivity contribution in [3.63, 3.8) is 0 Å². The standard InChI is InChI=1S/C22H18NO2.C16H13NO.Pt/c1-22(2,3)15-8-10-20-17(13-15)21(24)16-12-14(7-9-19(16)25-20)18-6-4-5-11-23-18;1-2-14-8-6-13-11-12(7-9-16(13)18-14)15-5-3-4-10-17-15;/h4-6,8-13H,1-3H3;2-5,7-11H,1,6H2;/q-1;;. The van der Waals surface area contributed by atoms with Gasteiger partial charge in [0.25, 0.3) is 0 Å². The fourth-order valence-electron chi connectivity index (χ4n) is 4.97. The van der Waals surface area contributed by atoms with Crippen LogP contribution < -0.4 is 10.2 Å². The molecule has 0 unspecified atom stereocenters. The van der Waals surface area contributed by atoms with E-state index in [0.717, 1.165) is 46.0 Å². The van der Waals surface area contributed by atoms with Gasteiger partial charge in [0.1, 0.15) is 17.1 Å². The summed E-state index contributed by atoms with van der Waals surface area (Å²) in [6.45, 7) is 10.1. The SMILES string of the molecule is C=CC1=CCc2cc(-c3ccccn3)ccc2O1.CC(C)(C)c1ccc2oc3c[c-]c(-c4ccccn4)cc3c(=O)c2c1.[Pt]. The topological polar surface area (TPSA) is 65.2 Å². The average Bonchev–Trinajstić information content (AvgIpc) is 3.05. The number of allylic oxidation sites excluding steroid dienone is 2. The van der Waals surface area contributed by atoms with Crippen molar-refractivity contribution in [2.45, 2.75) is 32.6 Å². The van der Waals surface area contributed by atoms with Crippen LogP contribution in [0, 0.1) is 6.07 Å². The van der Waals surface area contributed by atoms with Crippen LogP contribution in [-0.4, -0.2) is 9.97 Å². The summed E-state index contributed by atoms with van der Waals surface area (Å²) in [5.41, 5.74) is 7.06. The number of aromatic nitrogens is 2. The molecule has 0 aliphatic carbocycles. The van der Waals surface area contributed by atoms with Crippen LogP contribution in [-0.2, 0) is 32.9 Å². The molecule has 6 heteroatoms. The zero-order valence-electron chi connectivity index (χ0n) is 24.7. The quantitative estimate of drug-likeness (QED) is 0.133. The van der Waals surface area contributed by atoms with E-state index in [1.807, 2.05) is 78.9 Å². The Hall–Kier alpha value is -4.60. The van der Waals surface area contributed by atoms with Gasteiger partial charge in [0.05, 0.1) is 16.7 Å². The summed E-state index contributed by atoms with van der Waals surface area (Å²) in [5.74, 6) is 1.74. The first-order chi connectivity index (χ1) is 20.8. The van der Waals surface area contributed by atoms with Crippen molar-refractivity contribution < 1.29 is 30.2 Å². The third kappa shape index (κ3) is 6.49. The maximum atomic E-state index is 13.1. The molecule has 0 atom stereocenters. The van der Waals surface area contributed by atoms with Crippen LogP contribution in [0.15, 0.2) is 131 Å². The fourth-order valence-corrected chi connectivity index (χ4v) is 4.97. The summed E-state index contributed by atoms with van der Waals surface area (Å²) in [7, 11) is 0. The molecule has 0 radical (unpaired) electrons. The monoisotopic (exact) mass is 758 g/mol. The maximum absolute atomic E-state index is 13.1. The average molecular weight is 759 g/mol. The van der Waals surface area contributed by atoms with Gasteiger partial charge in [-0.2, -0.15) is 0 Å². The minimum atomic E-state index is -0.0286. The van der Waals surface area contributed by atoms with Crippen molar-refractivity contribution >= 4 is 21.9 Å². The van der Waals surface area contributed by atoms with E-state index in [4.69, 9.17) is 9.15 Å². The smallest absolute Gasteiger partial charge is 0.182 e. The molecule has 0 bridgehead atoms. The van der Waals surface area contributed by atoms with Gasteiger partial charge in [-0.25, -0.2) is 0 Å². The minimum absolute atomic E-state index is 0. The van der Waals surface area contributed by atoms with Crippen molar-refractivity contribution in [2.24, 2.45) is 0 Å². The largest absolute Gasteiger partial charge is 0.500 e. The molecule has 0 spiro atoms. The zero-order chi connectivity index (χ0) is 30.0. The van der Waals surface area contributed by atoms with E-state index in [9.17, 15) is 4.79 Å². The number of rotatable bonds is 3. The van der Waals surface area contributed by atoms with Gasteiger partial charge in [0.15, 0.2) is 5.43 Å². The molecule has 3 aromatic carbocycles. The van der Waals surface area contributed by atoms with Gasteiger partial charge in [-0.15, -0.1) is 23.8 Å². The molecule has 0 amide bonds. The van der Waals surface area contributed by atoms with E-state index in [1.165, 1.54) is 5.56 Å². The summed E-state index contributed by atoms with van der Waals surface area (Å²) in [6.07, 6.45) is 8.18. The Morgan fingerprint density at radius 2 is 1.59 bits per heavy atom. The zero-order valence-corrected chi connectivity index (χ0v) is 27.0. The number of pyridine rings is 2. The van der Waals surface area contributed by atoms with E-state index >= 15 is 0 Å². The molecular weight excluding hydrogens is 728 g/mol. The molecule has 1 aliphatic rings. The summed E-state index contributed by atoms with van der Waals surface area (Å²) in [6, 6.07) is 30.3. The van der Waals surface area contributed by atoms with Crippen LogP contribution in [0.5, 0.6) is 5.75 Å². The van der Waals surface area contributed by atoms with E-state index in [1.54, 1.807) is 24.5 Å². The third-order valence-corrected chi connectivity index (χ3v) is 7.38. The molecule has 0 saturated carbocycles. The van der Waals surface area contributed by atoms with Crippen LogP contribution >= 0.6 is 0 Å². The summed E-state index contributed by atoms with van der Waals surface area (Å²) >= 11 is 0. The Morgan fingerprint density at radius 3 is 2.27 bits per heavy atom. The Kier molecular flexibility index (Phi) is 9.08. The molecule has 1 aliphatic heterocycles. The molecule has 5 nitrogen and oxygen atoms in total. The fraction of sp³-hybridized carbons (Fsp3) is 0.132. The Labute approximate surface area is 271 Å². The number of ether oxygens (including phenoxy) is 1. The minimum Gasteiger partial charge on any atom is -0.500 e. The molecule has 44 heavy (non-hydrogen) atoms. The van der Waals surface area contributed by atoms with Crippen molar-refractivity contribution in [1.29, 1.82) is 0 Å². The number of benzene rings is 3. The number of hydrogen-bond donors (Lipinski definition) is 0. The van der Waals surface area contributed by atoms with Crippen LogP contribution in [0.2, 0.25) is 0 Å². The predicted molar refractivity (Wildman–Crippen MR) is 173 cm³/mol. The molecular formula is C38H31N2O3Pt-. The maximum Gasteiger partial charge on any atom is 0.182 e. The summed E-state index contributed by atoms with van der Waals surface area (Å²) in [5, 5.41) is 1.16. The molecule has 4 heterocycles. The molecule has 0 saturated heterocycles. The molecule has 0 fully saturated rings. The van der Waals surface area contributed by atoms with Gasteiger partial charge in [0, 0.05) is 39.0 Å². The Balaban J connectivity index is 0.000000179. The number of hydrogen-bond acceptors (Lipinski definition) is 5. The Bertz CT molecular complexity index is 2040. The van der Waals surface area contributed by atoms with Crippen molar-refractivity contribution in [3.05, 3.63) is 149 Å². The van der Waals surface area contributed by atoms with Crippen molar-refractivity contribution in [1.82, 2.24) is 9.97 Å². The van der Waals surface area contributed by atoms with Crippen LogP contribution in [0.3, 0.4) is 0 Å². The second-order valence-corrected chi connectivity index (χ2v) is 11.4. The van der Waals surface area contributed by atoms with E-state index < -0.39 is 0 Å². The second kappa shape index (κ2) is 12.9. The molecule has 7 rings (SSSR count). The third-order valence-electron chi connectivity index (χ3n) is 7.38. The molecule has 0 N–H and O–H groups in total. The van der Waals surface area contributed by atoms with Gasteiger partial charge in [-0.3, -0.25) is 9.78 Å². The first-order valence-electron chi connectivity index (χ1n) is 14.2. The number of fused-ring (bicyclic) bond motifs is 3. The van der Waals surface area contributed by atoms with E-state index in [2.05, 4.69) is 49.5 Å². The van der Waals surface area contributed by atoms with Gasteiger partial charge in [-0.05, 0) is 94.7 Å². The Morgan fingerprint density at radius 1 is 0.864 bits per heavy atom. The van der Waals surface area contributed by atoms with E-state index in [-0.39, 0.29) is 31.9 Å². The van der Waals surface area contributed by atoms with Gasteiger partial charge in [-0.1, -0.05) is 51.6 Å². The second-order valence-electron chi connectivity index (χ2n) is 11.4. The van der Waals surface area contributed by atoms with Crippen molar-refractivity contribution in [2.75, 3.05) is 0 Å². The van der Waals surface area contributed by atoms with E-state index in [0.29, 0.717) is 21.9 Å². The first kappa shape index (κ1) is 30.8. The number of nitrogens with zero attached hydrogens (tertiary/aromatic N) is 2. The van der Waals surface area contributed by atoms with Crippen LogP contribution in [0.1, 0.15) is 31.9 Å². The molecule has 3 aromatic heterocycles. The normalized spacial score (nSPS) is 12.2.